The van der Waals surface area contributed by atoms with Crippen LogP contribution in [0.1, 0.15) is 278 Å². The molecule has 0 spiro atoms. The van der Waals surface area contributed by atoms with Crippen LogP contribution in [0.2, 0.25) is 5.02 Å². The van der Waals surface area contributed by atoms with Crippen molar-refractivity contribution in [1.29, 1.82) is 0 Å². The van der Waals surface area contributed by atoms with Gasteiger partial charge in [0.25, 0.3) is 0 Å². The molecule has 1 saturated carbocycles. The molecule has 4 aliphatic rings. The molecule has 1 saturated heterocycles. The quantitative estimate of drug-likeness (QED) is 0.0123. The van der Waals surface area contributed by atoms with Crippen LogP contribution in [0.25, 0.3) is 21.8 Å². The second kappa shape index (κ2) is 57.2. The lowest BCUT2D eigenvalue weighted by molar-refractivity contribution is -0.139. The lowest BCUT2D eigenvalue weighted by atomic mass is 9.85. The summed E-state index contributed by atoms with van der Waals surface area (Å²) < 4.78 is 10.5. The molecular weight excluding hydrogens is 1810 g/mol. The summed E-state index contributed by atoms with van der Waals surface area (Å²) in [6, 6.07) is 56.7. The predicted molar refractivity (Wildman–Crippen MR) is 530 cm³/mol. The molecule has 8 aromatic carbocycles. The highest BCUT2D eigenvalue weighted by molar-refractivity contribution is 6.34. The van der Waals surface area contributed by atoms with Crippen molar-refractivity contribution in [3.63, 3.8) is 0 Å². The van der Waals surface area contributed by atoms with E-state index in [2.05, 4.69) is 75.8 Å². The number of aliphatic hydroxyl groups is 1. The highest BCUT2D eigenvalue weighted by atomic mass is 35.5. The molecule has 15 rings (SSSR count). The maximum absolute atomic E-state index is 12.1. The number of cyclic esters (lactones) is 2. The number of carboxylic acids is 6. The van der Waals surface area contributed by atoms with E-state index in [1.807, 2.05) is 156 Å². The highest BCUT2D eigenvalue weighted by Gasteiger charge is 2.35. The predicted octanol–water partition coefficient (Wildman–Crippen LogP) is 20.2. The molecule has 2 atom stereocenters. The summed E-state index contributed by atoms with van der Waals surface area (Å²) in [6.07, 6.45) is 21.7. The van der Waals surface area contributed by atoms with Gasteiger partial charge in [-0.2, -0.15) is 0 Å². The molecule has 3 aromatic heterocycles. The van der Waals surface area contributed by atoms with Crippen LogP contribution in [-0.4, -0.2) is 168 Å². The number of esters is 2. The third-order valence-electron chi connectivity index (χ3n) is 23.2. The summed E-state index contributed by atoms with van der Waals surface area (Å²) >= 11 is 5.97. The number of aryl methyl sites for hydroxylation is 7. The number of carbonyl (C=O) groups excluding carboxylic acids is 8. The van der Waals surface area contributed by atoms with E-state index in [1.165, 1.54) is 35.8 Å². The molecule has 11 aromatic rings. The smallest absolute Gasteiger partial charge is 0.339 e. The number of hydrogen-bond donors (Lipinski definition) is 8. The number of rotatable bonds is 29. The minimum Gasteiger partial charge on any atom is -0.481 e. The van der Waals surface area contributed by atoms with Crippen LogP contribution in [0.15, 0.2) is 237 Å². The number of ether oxygens (including phenoxy) is 2. The maximum atomic E-state index is 12.1. The first-order chi connectivity index (χ1) is 66.9. The van der Waals surface area contributed by atoms with Crippen molar-refractivity contribution < 1.29 is 112 Å². The van der Waals surface area contributed by atoms with Crippen molar-refractivity contribution in [3.05, 3.63) is 343 Å². The Labute approximate surface area is 817 Å². The van der Waals surface area contributed by atoms with E-state index < -0.39 is 47.2 Å². The zero-order chi connectivity index (χ0) is 103. The molecule has 1 aliphatic carbocycles. The molecular formula is C110H119ClN6O23. The molecule has 3 aliphatic heterocycles. The van der Waals surface area contributed by atoms with Crippen LogP contribution in [0.4, 0.5) is 0 Å². The van der Waals surface area contributed by atoms with Gasteiger partial charge in [-0.1, -0.05) is 199 Å². The van der Waals surface area contributed by atoms with Crippen LogP contribution >= 0.6 is 11.6 Å². The summed E-state index contributed by atoms with van der Waals surface area (Å²) in [7, 11) is 2.08. The van der Waals surface area contributed by atoms with Crippen molar-refractivity contribution in [2.24, 2.45) is 5.92 Å². The number of pyridine rings is 1. The number of aromatic amines is 1. The van der Waals surface area contributed by atoms with Gasteiger partial charge in [0, 0.05) is 118 Å². The topological polar surface area (TPSA) is 470 Å². The minimum atomic E-state index is -1.16. The van der Waals surface area contributed by atoms with Gasteiger partial charge in [-0.15, -0.1) is 0 Å². The zero-order valence-electron chi connectivity index (χ0n) is 79.9. The fourth-order valence-electron chi connectivity index (χ4n) is 15.4. The maximum Gasteiger partial charge on any atom is 0.339 e. The SMILES string of the molecule is CCC1OC(=O)c2ccccc21.CCc1cc(C(=O)/C=C/C(=O)O)c(Cl)cc1C.CCc1cc(CC)c(C(=O)CCC(=O)O)cc1CC.CCc1ccc2[nH]c3cc(C(=O)/C=C/C(=O)O)ccc3c2c1.CN1CCC(O)(c2ccccn2)CC1.Cc1ccc(C(=O)/C=C/C(=O)O)cc1.O=C(O)CCC(=O)C1CCCCC1.O=C(O)CCC(=O)c1ncncn1.O=C1OC(c2ccccc2)c2ccccc21. The third-order valence-corrected chi connectivity index (χ3v) is 23.5. The largest absolute Gasteiger partial charge is 0.481 e. The molecule has 0 amide bonds. The Morgan fingerprint density at radius 2 is 0.986 bits per heavy atom. The number of carbonyl (C=O) groups is 14. The number of H-pyrrole nitrogens is 1. The zero-order valence-corrected chi connectivity index (χ0v) is 80.6. The lowest BCUT2D eigenvalue weighted by Gasteiger charge is -2.35. The van der Waals surface area contributed by atoms with E-state index >= 15 is 0 Å². The Morgan fingerprint density at radius 3 is 1.54 bits per heavy atom. The highest BCUT2D eigenvalue weighted by Crippen LogP contribution is 2.37. The summed E-state index contributed by atoms with van der Waals surface area (Å²) in [4.78, 5) is 175. The number of nitrogens with zero attached hydrogens (tertiary/aromatic N) is 5. The van der Waals surface area contributed by atoms with Gasteiger partial charge in [0.1, 0.15) is 30.1 Å². The number of allylic oxidation sites excluding steroid dienone is 3. The summed E-state index contributed by atoms with van der Waals surface area (Å²) in [6.45, 7) is 18.0. The van der Waals surface area contributed by atoms with Crippen LogP contribution in [0.5, 0.6) is 0 Å². The average Bonchev–Trinajstić information content (AvgIpc) is 1.63. The van der Waals surface area contributed by atoms with Gasteiger partial charge in [0.05, 0.1) is 41.1 Å². The molecule has 6 heterocycles. The molecule has 8 N–H and O–H groups in total. The third kappa shape index (κ3) is 35.5. The van der Waals surface area contributed by atoms with Crippen molar-refractivity contribution >= 4 is 116 Å². The van der Waals surface area contributed by atoms with Crippen LogP contribution in [0.3, 0.4) is 0 Å². The number of piperidine rings is 1. The van der Waals surface area contributed by atoms with E-state index in [0.717, 1.165) is 199 Å². The van der Waals surface area contributed by atoms with Crippen LogP contribution in [0, 0.1) is 19.8 Å². The number of hydrogen-bond acceptors (Lipinski definition) is 22. The summed E-state index contributed by atoms with van der Waals surface area (Å²) in [5, 5.41) is 63.6. The van der Waals surface area contributed by atoms with E-state index in [0.29, 0.717) is 32.8 Å². The van der Waals surface area contributed by atoms with Crippen LogP contribution in [-0.2, 0) is 80.7 Å². The van der Waals surface area contributed by atoms with Crippen molar-refractivity contribution in [3.8, 4) is 0 Å². The minimum absolute atomic E-state index is 0.00463. The number of aromatic nitrogens is 5. The first-order valence-corrected chi connectivity index (χ1v) is 46.6. The number of Topliss-reactive ketones (excluding diaryl/α,β-unsaturated/α-hetero) is 3. The summed E-state index contributed by atoms with van der Waals surface area (Å²) in [5.74, 6) is -7.76. The monoisotopic (exact) mass is 1930 g/mol. The van der Waals surface area contributed by atoms with E-state index in [9.17, 15) is 72.2 Å². The average molecular weight is 1930 g/mol. The number of fused-ring (bicyclic) bond motifs is 5. The molecule has 30 heteroatoms. The number of carboxylic acid groups (broad SMARTS) is 6. The van der Waals surface area contributed by atoms with Gasteiger partial charge in [0.2, 0.25) is 5.78 Å². The molecule has 734 valence electrons. The van der Waals surface area contributed by atoms with Gasteiger partial charge >= 0.3 is 47.8 Å². The molecule has 140 heavy (non-hydrogen) atoms. The molecule has 2 unspecified atom stereocenters. The van der Waals surface area contributed by atoms with Gasteiger partial charge in [-0.3, -0.25) is 48.1 Å². The van der Waals surface area contributed by atoms with Gasteiger partial charge in [0.15, 0.2) is 35.1 Å². The number of ketones is 6. The summed E-state index contributed by atoms with van der Waals surface area (Å²) in [5.41, 5.74) is 16.3. The number of likely N-dealkylation sites (tertiary alicyclic amines) is 1. The van der Waals surface area contributed by atoms with Gasteiger partial charge < -0.3 is 55.1 Å². The number of benzene rings is 8. The lowest BCUT2D eigenvalue weighted by Crippen LogP contribution is -2.41. The molecule has 0 radical (unpaired) electrons. The van der Waals surface area contributed by atoms with Gasteiger partial charge in [-0.25, -0.2) is 38.9 Å². The number of aliphatic carboxylic acids is 6. The first-order valence-electron chi connectivity index (χ1n) is 46.2. The Bertz CT molecular complexity index is 6240. The van der Waals surface area contributed by atoms with Gasteiger partial charge in [-0.05, 0) is 203 Å². The normalized spacial score (nSPS) is 14.2. The fraction of sp³-hybridized carbons (Fsp3) is 0.309. The van der Waals surface area contributed by atoms with Crippen molar-refractivity contribution in [2.75, 3.05) is 20.1 Å². The van der Waals surface area contributed by atoms with E-state index in [4.69, 9.17) is 51.7 Å². The number of halogens is 1. The Morgan fingerprint density at radius 1 is 0.471 bits per heavy atom. The molecule has 2 fully saturated rings. The van der Waals surface area contributed by atoms with E-state index in [-0.39, 0.29) is 103 Å². The Balaban J connectivity index is 0.000000215. The Kier molecular flexibility index (Phi) is 45.7. The second-order valence-corrected chi connectivity index (χ2v) is 33.5. The van der Waals surface area contributed by atoms with Crippen molar-refractivity contribution in [2.45, 2.75) is 195 Å². The molecule has 0 bridgehead atoms. The molecule has 29 nitrogen and oxygen atoms in total. The fourth-order valence-corrected chi connectivity index (χ4v) is 15.7. The standard InChI is InChI=1S/C18H15NO3.C16H22O3.C14H10O2.C13H13ClO3.C11H16N2O.C11H10O3.C10H16O3.C10H10O2.C7H7N3O3/c1-2-11-3-6-15-14(9-11)13-5-4-12(10-16(13)19-15)17(20)7-8-18(21)22;1-4-11-9-13(6-3)14(10-12(11)5-2)15(17)7-8-16(18)19;15-14-12-9-5-4-8-11(12)13(16-14)10-6-2-1-3-7-10;1-3-9-7-10(11(14)6-8(9)2)12(15)4-5-13(16)17;1-13-8-5-11(14,6-9-13)10-4-2-3-7-12-10;1-8-2-4-9(5-3-8)10(12)6-7-11(13)14;11-9(6-7-10(12)13)8-4-2-1-3-5-8;1-2-9-7-5-3-4-6-8(7)10(11)12-9;11-5(1-2-6(12)13)7-9-3-8-4-10-7/h3-10,19H,2H2,1H3,(H,21,22);9-10H,4-8H2,1-3H3,(H,18,19);1-9,13H;4-7H,3H2,1-2H3,(H,16,17);2-4,7,14H,5-6,8-9H2,1H3;2-7H,1H3,(H,13,14);8H,1-7H2,(H,12,13);3-6,9H,2H2,1H3;3-4H,1-2H2,(H,12,13)/b8-7+;;;5-4+;;7-6+;;;. The number of nitrogens with one attached hydrogen (secondary N) is 1. The second-order valence-electron chi connectivity index (χ2n) is 33.1. The van der Waals surface area contributed by atoms with Crippen molar-refractivity contribution in [1.82, 2.24) is 29.8 Å². The first kappa shape index (κ1) is 112. The van der Waals surface area contributed by atoms with Crippen LogP contribution < -0.4 is 0 Å². The van der Waals surface area contributed by atoms with E-state index in [1.54, 1.807) is 48.7 Å². The Hall–Kier alpha value is -15.1.